The van der Waals surface area contributed by atoms with Gasteiger partial charge in [-0.05, 0) is 30.3 Å². The van der Waals surface area contributed by atoms with Gasteiger partial charge >= 0.3 is 5.97 Å². The van der Waals surface area contributed by atoms with Crippen LogP contribution in [0, 0.1) is 0 Å². The van der Waals surface area contributed by atoms with Crippen LogP contribution in [0.15, 0.2) is 48.5 Å². The average Bonchev–Trinajstić information content (AvgIpc) is 2.84. The zero-order valence-corrected chi connectivity index (χ0v) is 12.1. The number of carbonyl (C=O) groups is 1. The summed E-state index contributed by atoms with van der Waals surface area (Å²) in [6.07, 6.45) is 0. The Labute approximate surface area is 127 Å². The van der Waals surface area contributed by atoms with E-state index in [4.69, 9.17) is 10.5 Å². The normalized spacial score (nSPS) is 10.1. The Kier molecular flexibility index (Phi) is 4.14. The van der Waals surface area contributed by atoms with Crippen LogP contribution < -0.4 is 5.73 Å². The van der Waals surface area contributed by atoms with Crippen molar-refractivity contribution in [1.82, 2.24) is 9.78 Å². The number of halogens is 1. The van der Waals surface area contributed by atoms with Crippen LogP contribution in [-0.2, 0) is 4.74 Å². The van der Waals surface area contributed by atoms with Gasteiger partial charge in [0.25, 0.3) is 0 Å². The fourth-order valence-electron chi connectivity index (χ4n) is 2.11. The lowest BCUT2D eigenvalue weighted by atomic mass is 10.1. The van der Waals surface area contributed by atoms with Crippen LogP contribution in [0.5, 0.6) is 0 Å². The second-order valence-corrected chi connectivity index (χ2v) is 4.36. The Morgan fingerprint density at radius 1 is 1.19 bits per heavy atom. The van der Waals surface area contributed by atoms with Gasteiger partial charge in [0.15, 0.2) is 0 Å². The first-order chi connectivity index (χ1) is 9.70. The fourth-order valence-corrected chi connectivity index (χ4v) is 2.11. The topological polar surface area (TPSA) is 70.1 Å². The van der Waals surface area contributed by atoms with E-state index in [1.807, 2.05) is 30.3 Å². The monoisotopic (exact) mass is 303 g/mol. The largest absolute Gasteiger partial charge is 0.465 e. The molecule has 0 fully saturated rings. The highest BCUT2D eigenvalue weighted by atomic mass is 35.5. The molecule has 0 aliphatic rings. The first-order valence-electron chi connectivity index (χ1n) is 6.12. The molecule has 2 aromatic carbocycles. The van der Waals surface area contributed by atoms with Crippen LogP contribution in [0.2, 0.25) is 0 Å². The number of nitrogen functional groups attached to an aromatic ring is 1. The van der Waals surface area contributed by atoms with Crippen molar-refractivity contribution in [2.75, 3.05) is 12.8 Å². The van der Waals surface area contributed by atoms with Gasteiger partial charge in [0.2, 0.25) is 0 Å². The molecule has 0 aliphatic heterocycles. The van der Waals surface area contributed by atoms with Gasteiger partial charge in [-0.25, -0.2) is 9.48 Å². The zero-order chi connectivity index (χ0) is 14.1. The molecule has 0 saturated heterocycles. The molecule has 2 N–H and O–H groups in total. The van der Waals surface area contributed by atoms with Gasteiger partial charge in [-0.2, -0.15) is 5.10 Å². The number of rotatable bonds is 2. The summed E-state index contributed by atoms with van der Waals surface area (Å²) in [5.74, 6) is 0.107. The molecule has 1 aromatic heterocycles. The number of methoxy groups -OCH3 is 1. The summed E-state index contributed by atoms with van der Waals surface area (Å²) in [5, 5.41) is 5.18. The van der Waals surface area contributed by atoms with E-state index in [9.17, 15) is 4.79 Å². The number of esters is 1. The molecule has 0 saturated carbocycles. The molecule has 21 heavy (non-hydrogen) atoms. The van der Waals surface area contributed by atoms with Crippen molar-refractivity contribution in [2.24, 2.45) is 0 Å². The Hall–Kier alpha value is -2.53. The molecule has 0 amide bonds. The minimum Gasteiger partial charge on any atom is -0.465 e. The molecule has 0 aliphatic carbocycles. The number of hydrogen-bond donors (Lipinski definition) is 1. The molecule has 6 heteroatoms. The van der Waals surface area contributed by atoms with Crippen LogP contribution in [0.25, 0.3) is 16.6 Å². The Balaban J connectivity index is 0.00000161. The molecule has 0 spiro atoms. The standard InChI is InChI=1S/C15H13N3O2.ClH/c1-20-15(19)10-7-8-13-12(9-10)14(16)18(17-13)11-5-3-2-4-6-11;/h2-9H,16H2,1H3;1H. The fraction of sp³-hybridized carbons (Fsp3) is 0.0667. The van der Waals surface area contributed by atoms with Gasteiger partial charge in [0.1, 0.15) is 5.82 Å². The third kappa shape index (κ3) is 2.55. The summed E-state index contributed by atoms with van der Waals surface area (Å²) in [6, 6.07) is 14.7. The summed E-state index contributed by atoms with van der Waals surface area (Å²) in [5.41, 5.74) is 8.20. The van der Waals surface area contributed by atoms with Gasteiger partial charge < -0.3 is 10.5 Å². The van der Waals surface area contributed by atoms with Crippen molar-refractivity contribution < 1.29 is 9.53 Å². The van der Waals surface area contributed by atoms with Crippen molar-refractivity contribution in [1.29, 1.82) is 0 Å². The predicted octanol–water partition coefficient (Wildman–Crippen LogP) is 2.82. The van der Waals surface area contributed by atoms with Crippen molar-refractivity contribution in [3.05, 3.63) is 54.1 Å². The van der Waals surface area contributed by atoms with Crippen molar-refractivity contribution in [2.45, 2.75) is 0 Å². The number of fused-ring (bicyclic) bond motifs is 1. The number of nitrogens with zero attached hydrogens (tertiary/aromatic N) is 2. The average molecular weight is 304 g/mol. The Morgan fingerprint density at radius 2 is 1.90 bits per heavy atom. The molecule has 3 rings (SSSR count). The molecule has 5 nitrogen and oxygen atoms in total. The number of nitrogens with two attached hydrogens (primary N) is 1. The number of para-hydroxylation sites is 1. The Bertz CT molecular complexity index is 784. The highest BCUT2D eigenvalue weighted by Gasteiger charge is 2.13. The number of aromatic nitrogens is 2. The number of carbonyl (C=O) groups excluding carboxylic acids is 1. The molecule has 108 valence electrons. The van der Waals surface area contributed by atoms with Gasteiger partial charge in [-0.15, -0.1) is 12.4 Å². The SMILES string of the molecule is COC(=O)c1ccc2nn(-c3ccccc3)c(N)c2c1.Cl. The van der Waals surface area contributed by atoms with Crippen LogP contribution in [0.1, 0.15) is 10.4 Å². The number of ether oxygens (including phenoxy) is 1. The van der Waals surface area contributed by atoms with E-state index in [-0.39, 0.29) is 12.4 Å². The predicted molar refractivity (Wildman–Crippen MR) is 84.1 cm³/mol. The van der Waals surface area contributed by atoms with Crippen molar-refractivity contribution in [3.63, 3.8) is 0 Å². The summed E-state index contributed by atoms with van der Waals surface area (Å²) in [6.45, 7) is 0. The zero-order valence-electron chi connectivity index (χ0n) is 11.3. The molecule has 0 unspecified atom stereocenters. The highest BCUT2D eigenvalue weighted by Crippen LogP contribution is 2.25. The minimum atomic E-state index is -0.390. The first-order valence-corrected chi connectivity index (χ1v) is 6.12. The van der Waals surface area contributed by atoms with Crippen LogP contribution in [-0.4, -0.2) is 22.9 Å². The molecular formula is C15H14ClN3O2. The van der Waals surface area contributed by atoms with Gasteiger partial charge in [0.05, 0.1) is 23.9 Å². The molecule has 3 aromatic rings. The lowest BCUT2D eigenvalue weighted by molar-refractivity contribution is 0.0601. The number of anilines is 1. The maximum absolute atomic E-state index is 11.6. The smallest absolute Gasteiger partial charge is 0.337 e. The molecule has 1 heterocycles. The summed E-state index contributed by atoms with van der Waals surface area (Å²) in [4.78, 5) is 11.6. The maximum atomic E-state index is 11.6. The molecule has 0 atom stereocenters. The van der Waals surface area contributed by atoms with Gasteiger partial charge in [-0.3, -0.25) is 0 Å². The van der Waals surface area contributed by atoms with Crippen molar-refractivity contribution >= 4 is 35.1 Å². The molecule has 0 radical (unpaired) electrons. The van der Waals surface area contributed by atoms with Crippen LogP contribution >= 0.6 is 12.4 Å². The van der Waals surface area contributed by atoms with E-state index in [1.165, 1.54) is 7.11 Å². The molecular weight excluding hydrogens is 290 g/mol. The van der Waals surface area contributed by atoms with E-state index < -0.39 is 5.97 Å². The summed E-state index contributed by atoms with van der Waals surface area (Å²) < 4.78 is 6.37. The van der Waals surface area contributed by atoms with E-state index in [2.05, 4.69) is 5.10 Å². The summed E-state index contributed by atoms with van der Waals surface area (Å²) in [7, 11) is 1.35. The van der Waals surface area contributed by atoms with Crippen LogP contribution in [0.3, 0.4) is 0 Å². The number of hydrogen-bond acceptors (Lipinski definition) is 4. The quantitative estimate of drug-likeness (QED) is 0.739. The van der Waals surface area contributed by atoms with Gasteiger partial charge in [-0.1, -0.05) is 18.2 Å². The lowest BCUT2D eigenvalue weighted by Gasteiger charge is -2.02. The maximum Gasteiger partial charge on any atom is 0.337 e. The third-order valence-corrected chi connectivity index (χ3v) is 3.13. The van der Waals surface area contributed by atoms with E-state index in [0.717, 1.165) is 16.6 Å². The van der Waals surface area contributed by atoms with Gasteiger partial charge in [0, 0.05) is 5.39 Å². The highest BCUT2D eigenvalue weighted by molar-refractivity contribution is 5.98. The number of benzene rings is 2. The second kappa shape index (κ2) is 5.85. The minimum absolute atomic E-state index is 0. The molecule has 0 bridgehead atoms. The lowest BCUT2D eigenvalue weighted by Crippen LogP contribution is -2.01. The Morgan fingerprint density at radius 3 is 2.57 bits per heavy atom. The van der Waals surface area contributed by atoms with E-state index in [1.54, 1.807) is 22.9 Å². The van der Waals surface area contributed by atoms with E-state index >= 15 is 0 Å². The third-order valence-electron chi connectivity index (χ3n) is 3.13. The van der Waals surface area contributed by atoms with Crippen LogP contribution in [0.4, 0.5) is 5.82 Å². The van der Waals surface area contributed by atoms with Crippen molar-refractivity contribution in [3.8, 4) is 5.69 Å². The second-order valence-electron chi connectivity index (χ2n) is 4.36. The first kappa shape index (κ1) is 14.9. The summed E-state index contributed by atoms with van der Waals surface area (Å²) >= 11 is 0. The van der Waals surface area contributed by atoms with E-state index in [0.29, 0.717) is 11.4 Å².